The molecule has 2 amide bonds. The van der Waals surface area contributed by atoms with Crippen molar-refractivity contribution in [3.05, 3.63) is 18.0 Å². The van der Waals surface area contributed by atoms with Crippen LogP contribution in [-0.4, -0.2) is 40.1 Å². The van der Waals surface area contributed by atoms with Gasteiger partial charge in [-0.3, -0.25) is 14.3 Å². The smallest absolute Gasteiger partial charge is 0.295 e. The lowest BCUT2D eigenvalue weighted by Gasteiger charge is -2.38. The van der Waals surface area contributed by atoms with Gasteiger partial charge in [0, 0.05) is 50.7 Å². The van der Waals surface area contributed by atoms with Gasteiger partial charge in [0.1, 0.15) is 0 Å². The summed E-state index contributed by atoms with van der Waals surface area (Å²) in [5.74, 6) is 6.14. The first-order valence-electron chi connectivity index (χ1n) is 8.08. The summed E-state index contributed by atoms with van der Waals surface area (Å²) in [6.45, 7) is 0.523. The zero-order valence-corrected chi connectivity index (χ0v) is 13.6. The summed E-state index contributed by atoms with van der Waals surface area (Å²) in [6.07, 6.45) is 7.22. The van der Waals surface area contributed by atoms with Gasteiger partial charge in [-0.05, 0) is 25.2 Å². The molecule has 122 valence electrons. The third-order valence-electron chi connectivity index (χ3n) is 4.54. The number of aryl methyl sites for hydroxylation is 1. The Balaban J connectivity index is 1.67. The third kappa shape index (κ3) is 3.73. The van der Waals surface area contributed by atoms with E-state index in [1.807, 2.05) is 20.3 Å². The van der Waals surface area contributed by atoms with E-state index in [9.17, 15) is 9.59 Å². The Morgan fingerprint density at radius 2 is 2.17 bits per heavy atom. The summed E-state index contributed by atoms with van der Waals surface area (Å²) >= 11 is 0. The molecule has 23 heavy (non-hydrogen) atoms. The molecule has 0 spiro atoms. The zero-order valence-electron chi connectivity index (χ0n) is 13.6. The summed E-state index contributed by atoms with van der Waals surface area (Å²) in [4.78, 5) is 25.6. The molecule has 2 atom stereocenters. The van der Waals surface area contributed by atoms with E-state index in [1.165, 1.54) is 0 Å². The average molecular weight is 314 g/mol. The third-order valence-corrected chi connectivity index (χ3v) is 4.54. The standard InChI is InChI=1S/C17H22N4O2/c1-20-11-14(10-19-20)17-13(6-8-16(23)21(17)2)9-18-15(22)7-5-12-3-4-12/h10-13,17H,3-4,6,8-9H2,1-2H3,(H,18,22)/t13-,17+/m1/s1. The van der Waals surface area contributed by atoms with Crippen molar-refractivity contribution < 1.29 is 9.59 Å². The van der Waals surface area contributed by atoms with E-state index in [-0.39, 0.29) is 23.8 Å². The van der Waals surface area contributed by atoms with Crippen LogP contribution in [-0.2, 0) is 16.6 Å². The van der Waals surface area contributed by atoms with E-state index < -0.39 is 0 Å². The topological polar surface area (TPSA) is 67.2 Å². The van der Waals surface area contributed by atoms with Gasteiger partial charge in [-0.25, -0.2) is 0 Å². The number of nitrogens with one attached hydrogen (secondary N) is 1. The molecule has 0 bridgehead atoms. The number of carbonyl (C=O) groups excluding carboxylic acids is 2. The lowest BCUT2D eigenvalue weighted by Crippen LogP contribution is -2.44. The fourth-order valence-corrected chi connectivity index (χ4v) is 3.08. The predicted octanol–water partition coefficient (Wildman–Crippen LogP) is 0.859. The Labute approximate surface area is 136 Å². The molecule has 6 heteroatoms. The second kappa shape index (κ2) is 6.45. The van der Waals surface area contributed by atoms with E-state index in [0.29, 0.717) is 18.9 Å². The Morgan fingerprint density at radius 1 is 1.39 bits per heavy atom. The quantitative estimate of drug-likeness (QED) is 0.842. The highest BCUT2D eigenvalue weighted by atomic mass is 16.2. The molecule has 2 heterocycles. The van der Waals surface area contributed by atoms with E-state index in [2.05, 4.69) is 22.3 Å². The molecular weight excluding hydrogens is 292 g/mol. The highest BCUT2D eigenvalue weighted by Crippen LogP contribution is 2.35. The number of nitrogens with zero attached hydrogens (tertiary/aromatic N) is 3. The molecule has 3 rings (SSSR count). The SMILES string of the molecule is CN1C(=O)CC[C@H](CNC(=O)C#CC2CC2)[C@H]1c1cnn(C)c1. The van der Waals surface area contributed by atoms with Gasteiger partial charge in [-0.15, -0.1) is 0 Å². The molecule has 2 aliphatic rings. The van der Waals surface area contributed by atoms with E-state index >= 15 is 0 Å². The van der Waals surface area contributed by atoms with Crippen LogP contribution >= 0.6 is 0 Å². The number of amides is 2. The van der Waals surface area contributed by atoms with Gasteiger partial charge in [-0.2, -0.15) is 5.10 Å². The number of carbonyl (C=O) groups is 2. The molecule has 1 aromatic rings. The van der Waals surface area contributed by atoms with E-state index in [1.54, 1.807) is 15.8 Å². The molecule has 1 aliphatic carbocycles. The lowest BCUT2D eigenvalue weighted by atomic mass is 9.85. The van der Waals surface area contributed by atoms with Crippen molar-refractivity contribution in [2.45, 2.75) is 31.7 Å². The normalized spacial score (nSPS) is 24.1. The van der Waals surface area contributed by atoms with Crippen LogP contribution in [0.4, 0.5) is 0 Å². The highest BCUT2D eigenvalue weighted by Gasteiger charge is 2.35. The largest absolute Gasteiger partial charge is 0.345 e. The number of aromatic nitrogens is 2. The molecule has 1 saturated carbocycles. The van der Waals surface area contributed by atoms with Crippen LogP contribution in [0.1, 0.15) is 37.3 Å². The van der Waals surface area contributed by atoms with Crippen LogP contribution < -0.4 is 5.32 Å². The molecule has 0 radical (unpaired) electrons. The van der Waals surface area contributed by atoms with Crippen molar-refractivity contribution in [2.24, 2.45) is 18.9 Å². The lowest BCUT2D eigenvalue weighted by molar-refractivity contribution is -0.137. The van der Waals surface area contributed by atoms with Gasteiger partial charge in [0.15, 0.2) is 0 Å². The molecule has 1 saturated heterocycles. The molecule has 2 fully saturated rings. The summed E-state index contributed by atoms with van der Waals surface area (Å²) in [7, 11) is 3.68. The van der Waals surface area contributed by atoms with Gasteiger partial charge in [0.05, 0.1) is 12.2 Å². The van der Waals surface area contributed by atoms with E-state index in [0.717, 1.165) is 24.8 Å². The number of piperidine rings is 1. The minimum atomic E-state index is -0.221. The van der Waals surface area contributed by atoms with Crippen LogP contribution in [0.25, 0.3) is 0 Å². The first-order chi connectivity index (χ1) is 11.0. The average Bonchev–Trinajstić information content (AvgIpc) is 3.27. The van der Waals surface area contributed by atoms with E-state index in [4.69, 9.17) is 0 Å². The van der Waals surface area contributed by atoms with Crippen molar-refractivity contribution in [3.8, 4) is 11.8 Å². The van der Waals surface area contributed by atoms with Crippen molar-refractivity contribution >= 4 is 11.8 Å². The van der Waals surface area contributed by atoms with Crippen LogP contribution in [0.15, 0.2) is 12.4 Å². The van der Waals surface area contributed by atoms with Gasteiger partial charge < -0.3 is 10.2 Å². The fourth-order valence-electron chi connectivity index (χ4n) is 3.08. The molecule has 6 nitrogen and oxygen atoms in total. The van der Waals surface area contributed by atoms with Gasteiger partial charge >= 0.3 is 0 Å². The molecule has 1 N–H and O–H groups in total. The minimum absolute atomic E-state index is 0.0540. The highest BCUT2D eigenvalue weighted by molar-refractivity contribution is 5.93. The second-order valence-corrected chi connectivity index (χ2v) is 6.45. The number of rotatable bonds is 3. The second-order valence-electron chi connectivity index (χ2n) is 6.45. The summed E-state index contributed by atoms with van der Waals surface area (Å²) in [5, 5.41) is 7.11. The zero-order chi connectivity index (χ0) is 16.4. The Kier molecular flexibility index (Phi) is 4.37. The molecular formula is C17H22N4O2. The van der Waals surface area contributed by atoms with Gasteiger partial charge in [-0.1, -0.05) is 5.92 Å². The summed E-state index contributed by atoms with van der Waals surface area (Å²) < 4.78 is 1.74. The minimum Gasteiger partial charge on any atom is -0.345 e. The predicted molar refractivity (Wildman–Crippen MR) is 85.0 cm³/mol. The molecule has 1 aromatic heterocycles. The Hall–Kier alpha value is -2.29. The molecule has 0 unspecified atom stereocenters. The maximum atomic E-state index is 12.0. The molecule has 0 aromatic carbocycles. The molecule has 1 aliphatic heterocycles. The first-order valence-corrected chi connectivity index (χ1v) is 8.08. The van der Waals surface area contributed by atoms with Gasteiger partial charge in [0.25, 0.3) is 5.91 Å². The van der Waals surface area contributed by atoms with Crippen LogP contribution in [0.3, 0.4) is 0 Å². The Bertz CT molecular complexity index is 666. The maximum Gasteiger partial charge on any atom is 0.295 e. The number of hydrogen-bond donors (Lipinski definition) is 1. The van der Waals surface area contributed by atoms with Crippen molar-refractivity contribution in [1.29, 1.82) is 0 Å². The van der Waals surface area contributed by atoms with Gasteiger partial charge in [0.2, 0.25) is 5.91 Å². The van der Waals surface area contributed by atoms with Crippen LogP contribution in [0.2, 0.25) is 0 Å². The Morgan fingerprint density at radius 3 is 2.83 bits per heavy atom. The first kappa shape index (κ1) is 15.6. The van der Waals surface area contributed by atoms with Crippen molar-refractivity contribution in [1.82, 2.24) is 20.0 Å². The fraction of sp³-hybridized carbons (Fsp3) is 0.588. The summed E-state index contributed by atoms with van der Waals surface area (Å²) in [5.41, 5.74) is 1.01. The summed E-state index contributed by atoms with van der Waals surface area (Å²) in [6, 6.07) is -0.0540. The van der Waals surface area contributed by atoms with Crippen LogP contribution in [0, 0.1) is 23.7 Å². The number of likely N-dealkylation sites (tertiary alicyclic amines) is 1. The van der Waals surface area contributed by atoms with Crippen molar-refractivity contribution in [3.63, 3.8) is 0 Å². The monoisotopic (exact) mass is 314 g/mol. The maximum absolute atomic E-state index is 12.0. The number of hydrogen-bond acceptors (Lipinski definition) is 3. The van der Waals surface area contributed by atoms with Crippen molar-refractivity contribution in [2.75, 3.05) is 13.6 Å². The van der Waals surface area contributed by atoms with Crippen LogP contribution in [0.5, 0.6) is 0 Å².